The Morgan fingerprint density at radius 1 is 1.25 bits per heavy atom. The van der Waals surface area contributed by atoms with Crippen LogP contribution in [0, 0.1) is 0 Å². The van der Waals surface area contributed by atoms with Crippen molar-refractivity contribution in [2.75, 3.05) is 13.2 Å². The van der Waals surface area contributed by atoms with Crippen molar-refractivity contribution in [3.05, 3.63) is 47.3 Å². The third-order valence-electron chi connectivity index (χ3n) is 4.18. The van der Waals surface area contributed by atoms with Gasteiger partial charge in [-0.3, -0.25) is 0 Å². The summed E-state index contributed by atoms with van der Waals surface area (Å²) in [4.78, 5) is 4.01. The number of rotatable bonds is 4. The van der Waals surface area contributed by atoms with Crippen LogP contribution < -0.4 is 0 Å². The lowest BCUT2D eigenvalue weighted by Gasteiger charge is -2.21. The van der Waals surface area contributed by atoms with E-state index in [1.807, 2.05) is 22.9 Å². The molecular formula is C15H16ClN7O. The molecule has 0 amide bonds. The minimum absolute atomic E-state index is 0.330. The summed E-state index contributed by atoms with van der Waals surface area (Å²) in [5.41, 5.74) is 1.89. The highest BCUT2D eigenvalue weighted by molar-refractivity contribution is 6.30. The van der Waals surface area contributed by atoms with Crippen molar-refractivity contribution in [1.82, 2.24) is 35.0 Å². The van der Waals surface area contributed by atoms with Crippen LogP contribution in [0.4, 0.5) is 0 Å². The SMILES string of the molecule is Clc1ccc(Cn2nnnc2C2CCOCC2)c(-n2cncn2)c1. The molecule has 4 rings (SSSR count). The Morgan fingerprint density at radius 2 is 2.12 bits per heavy atom. The lowest BCUT2D eigenvalue weighted by Crippen LogP contribution is -2.19. The third kappa shape index (κ3) is 3.02. The fourth-order valence-electron chi connectivity index (χ4n) is 2.95. The van der Waals surface area contributed by atoms with Gasteiger partial charge in [0.1, 0.15) is 12.7 Å². The number of benzene rings is 1. The molecule has 0 radical (unpaired) electrons. The van der Waals surface area contributed by atoms with Crippen molar-refractivity contribution in [3.63, 3.8) is 0 Å². The predicted octanol–water partition coefficient (Wildman–Crippen LogP) is 1.85. The zero-order valence-corrected chi connectivity index (χ0v) is 13.7. The Kier molecular flexibility index (Phi) is 4.22. The minimum Gasteiger partial charge on any atom is -0.381 e. The van der Waals surface area contributed by atoms with Gasteiger partial charge < -0.3 is 4.74 Å². The average Bonchev–Trinajstić information content (AvgIpc) is 3.29. The van der Waals surface area contributed by atoms with Crippen molar-refractivity contribution in [1.29, 1.82) is 0 Å². The first-order chi connectivity index (χ1) is 11.8. The van der Waals surface area contributed by atoms with E-state index in [4.69, 9.17) is 16.3 Å². The van der Waals surface area contributed by atoms with E-state index in [0.717, 1.165) is 43.1 Å². The lowest BCUT2D eigenvalue weighted by atomic mass is 9.99. The second kappa shape index (κ2) is 6.66. The second-order valence-electron chi connectivity index (χ2n) is 5.69. The van der Waals surface area contributed by atoms with Gasteiger partial charge in [-0.1, -0.05) is 17.7 Å². The summed E-state index contributed by atoms with van der Waals surface area (Å²) < 4.78 is 8.97. The van der Waals surface area contributed by atoms with Gasteiger partial charge in [-0.05, 0) is 41.0 Å². The molecule has 3 aromatic rings. The van der Waals surface area contributed by atoms with Gasteiger partial charge in [-0.25, -0.2) is 14.3 Å². The number of halogens is 1. The summed E-state index contributed by atoms with van der Waals surface area (Å²) in [6.07, 6.45) is 5.02. The number of nitrogens with zero attached hydrogens (tertiary/aromatic N) is 7. The minimum atomic E-state index is 0.330. The van der Waals surface area contributed by atoms with Gasteiger partial charge in [0.15, 0.2) is 5.82 Å². The van der Waals surface area contributed by atoms with Crippen molar-refractivity contribution >= 4 is 11.6 Å². The number of tetrazole rings is 1. The molecule has 1 fully saturated rings. The van der Waals surface area contributed by atoms with E-state index in [1.54, 1.807) is 11.0 Å². The molecule has 8 nitrogen and oxygen atoms in total. The van der Waals surface area contributed by atoms with Crippen LogP contribution in [0.1, 0.15) is 30.1 Å². The molecule has 0 bridgehead atoms. The molecule has 0 unspecified atom stereocenters. The standard InChI is InChI=1S/C15H16ClN7O/c16-13-2-1-12(14(7-13)23-10-17-9-18-23)8-22-15(19-20-21-22)11-3-5-24-6-4-11/h1-2,7,9-11H,3-6,8H2. The molecule has 0 atom stereocenters. The van der Waals surface area contributed by atoms with Gasteiger partial charge in [0.25, 0.3) is 0 Å². The van der Waals surface area contributed by atoms with Gasteiger partial charge in [0.2, 0.25) is 0 Å². The first kappa shape index (κ1) is 15.2. The number of aromatic nitrogens is 7. The van der Waals surface area contributed by atoms with Crippen molar-refractivity contribution in [2.24, 2.45) is 0 Å². The van der Waals surface area contributed by atoms with Crippen LogP contribution in [0.25, 0.3) is 5.69 Å². The molecule has 1 aromatic carbocycles. The molecule has 1 aliphatic rings. The van der Waals surface area contributed by atoms with Crippen LogP contribution in [0.15, 0.2) is 30.9 Å². The van der Waals surface area contributed by atoms with Crippen LogP contribution >= 0.6 is 11.6 Å². The molecule has 0 aliphatic carbocycles. The Balaban J connectivity index is 1.66. The number of ether oxygens (including phenoxy) is 1. The summed E-state index contributed by atoms with van der Waals surface area (Å²) in [5, 5.41) is 17.1. The van der Waals surface area contributed by atoms with Gasteiger partial charge in [0, 0.05) is 24.2 Å². The molecule has 1 aliphatic heterocycles. The van der Waals surface area contributed by atoms with E-state index in [-0.39, 0.29) is 0 Å². The Labute approximate surface area is 143 Å². The van der Waals surface area contributed by atoms with Crippen LogP contribution in [0.5, 0.6) is 0 Å². The second-order valence-corrected chi connectivity index (χ2v) is 6.13. The zero-order valence-electron chi connectivity index (χ0n) is 12.9. The van der Waals surface area contributed by atoms with Crippen LogP contribution in [-0.4, -0.2) is 48.2 Å². The average molecular weight is 346 g/mol. The Bertz CT molecular complexity index is 811. The van der Waals surface area contributed by atoms with Crippen molar-refractivity contribution in [3.8, 4) is 5.69 Å². The maximum absolute atomic E-state index is 6.15. The zero-order chi connectivity index (χ0) is 16.4. The normalized spacial score (nSPS) is 15.7. The van der Waals surface area contributed by atoms with Crippen LogP contribution in [0.2, 0.25) is 5.02 Å². The Hall–Kier alpha value is -2.32. The van der Waals surface area contributed by atoms with E-state index >= 15 is 0 Å². The fourth-order valence-corrected chi connectivity index (χ4v) is 3.12. The summed E-state index contributed by atoms with van der Waals surface area (Å²) in [6, 6.07) is 5.69. The molecule has 0 spiro atoms. The molecule has 0 N–H and O–H groups in total. The third-order valence-corrected chi connectivity index (χ3v) is 4.41. The highest BCUT2D eigenvalue weighted by atomic mass is 35.5. The molecule has 9 heteroatoms. The smallest absolute Gasteiger partial charge is 0.154 e. The highest BCUT2D eigenvalue weighted by Gasteiger charge is 2.22. The van der Waals surface area contributed by atoms with Crippen LogP contribution in [-0.2, 0) is 11.3 Å². The molecule has 1 saturated heterocycles. The van der Waals surface area contributed by atoms with E-state index in [1.165, 1.54) is 6.33 Å². The largest absolute Gasteiger partial charge is 0.381 e. The summed E-state index contributed by atoms with van der Waals surface area (Å²) in [5.74, 6) is 1.23. The summed E-state index contributed by atoms with van der Waals surface area (Å²) >= 11 is 6.15. The topological polar surface area (TPSA) is 83.5 Å². The molecule has 3 heterocycles. The van der Waals surface area contributed by atoms with E-state index < -0.39 is 0 Å². The lowest BCUT2D eigenvalue weighted by molar-refractivity contribution is 0.0826. The van der Waals surface area contributed by atoms with E-state index in [0.29, 0.717) is 17.5 Å². The first-order valence-corrected chi connectivity index (χ1v) is 8.16. The highest BCUT2D eigenvalue weighted by Crippen LogP contribution is 2.26. The Morgan fingerprint density at radius 3 is 2.92 bits per heavy atom. The van der Waals surface area contributed by atoms with Crippen LogP contribution in [0.3, 0.4) is 0 Å². The van der Waals surface area contributed by atoms with E-state index in [9.17, 15) is 0 Å². The van der Waals surface area contributed by atoms with E-state index in [2.05, 4.69) is 25.6 Å². The number of hydrogen-bond donors (Lipinski definition) is 0. The maximum Gasteiger partial charge on any atom is 0.154 e. The first-order valence-electron chi connectivity index (χ1n) is 7.78. The quantitative estimate of drug-likeness (QED) is 0.717. The summed E-state index contributed by atoms with van der Waals surface area (Å²) in [7, 11) is 0. The van der Waals surface area contributed by atoms with Crippen molar-refractivity contribution in [2.45, 2.75) is 25.3 Å². The number of hydrogen-bond acceptors (Lipinski definition) is 6. The monoisotopic (exact) mass is 345 g/mol. The fraction of sp³-hybridized carbons (Fsp3) is 0.400. The predicted molar refractivity (Wildman–Crippen MR) is 86.1 cm³/mol. The van der Waals surface area contributed by atoms with Gasteiger partial charge in [-0.2, -0.15) is 5.10 Å². The maximum atomic E-state index is 6.15. The molecule has 24 heavy (non-hydrogen) atoms. The van der Waals surface area contributed by atoms with Gasteiger partial charge in [0.05, 0.1) is 12.2 Å². The molecule has 0 saturated carbocycles. The van der Waals surface area contributed by atoms with Gasteiger partial charge in [-0.15, -0.1) is 5.10 Å². The van der Waals surface area contributed by atoms with Gasteiger partial charge >= 0.3 is 0 Å². The van der Waals surface area contributed by atoms with Crippen molar-refractivity contribution < 1.29 is 4.74 Å². The molecular weight excluding hydrogens is 330 g/mol. The molecule has 2 aromatic heterocycles. The molecule has 124 valence electrons. The summed E-state index contributed by atoms with van der Waals surface area (Å²) in [6.45, 7) is 2.05.